The third-order valence-electron chi connectivity index (χ3n) is 1.79. The van der Waals surface area contributed by atoms with Crippen LogP contribution >= 0.6 is 11.8 Å². The van der Waals surface area contributed by atoms with Gasteiger partial charge >= 0.3 is 0 Å². The predicted octanol–water partition coefficient (Wildman–Crippen LogP) is 0.791. The number of hydrazine groups is 1. The maximum atomic E-state index is 8.89. The fourth-order valence-corrected chi connectivity index (χ4v) is 1.92. The lowest BCUT2D eigenvalue weighted by Crippen LogP contribution is -2.10. The molecule has 6 heteroatoms. The number of nitrogens with two attached hydrogens (primary N) is 1. The summed E-state index contributed by atoms with van der Waals surface area (Å²) in [5.74, 6) is 7.67. The molecule has 0 aromatic carbocycles. The average Bonchev–Trinajstić information content (AvgIpc) is 2.25. The zero-order valence-electron chi connectivity index (χ0n) is 8.90. The molecule has 0 aliphatic heterocycles. The summed E-state index contributed by atoms with van der Waals surface area (Å²) in [6, 6.07) is 1.79. The van der Waals surface area contributed by atoms with Crippen LogP contribution < -0.4 is 11.3 Å². The molecule has 84 valence electrons. The van der Waals surface area contributed by atoms with Gasteiger partial charge in [0.25, 0.3) is 0 Å². The van der Waals surface area contributed by atoms with Crippen LogP contribution in [0.4, 0.5) is 5.82 Å². The molecule has 5 nitrogen and oxygen atoms in total. The van der Waals surface area contributed by atoms with Crippen molar-refractivity contribution in [2.45, 2.75) is 18.9 Å². The zero-order chi connectivity index (χ0) is 11.3. The average molecular weight is 228 g/mol. The molecule has 0 saturated heterocycles. The maximum absolute atomic E-state index is 8.89. The van der Waals surface area contributed by atoms with Gasteiger partial charge in [-0.15, -0.1) is 11.8 Å². The third-order valence-corrected chi connectivity index (χ3v) is 3.03. The number of aryl methyl sites for hydroxylation is 1. The Labute approximate surface area is 93.5 Å². The fraction of sp³-hybridized carbons (Fsp3) is 0.556. The number of nitrogens with zero attached hydrogens (tertiary/aromatic N) is 2. The van der Waals surface area contributed by atoms with Crippen molar-refractivity contribution in [2.24, 2.45) is 11.8 Å². The van der Waals surface area contributed by atoms with E-state index in [2.05, 4.69) is 15.4 Å². The van der Waals surface area contributed by atoms with Gasteiger partial charge in [-0.1, -0.05) is 6.92 Å². The van der Waals surface area contributed by atoms with Crippen molar-refractivity contribution in [1.82, 2.24) is 9.97 Å². The van der Waals surface area contributed by atoms with E-state index in [1.165, 1.54) is 0 Å². The van der Waals surface area contributed by atoms with Crippen LogP contribution in [0.15, 0.2) is 11.1 Å². The van der Waals surface area contributed by atoms with Crippen LogP contribution in [0.5, 0.6) is 0 Å². The molecule has 1 heterocycles. The highest BCUT2D eigenvalue weighted by atomic mass is 32.2. The minimum absolute atomic E-state index is 0.194. The number of aliphatic hydroxyl groups is 1. The molecule has 0 aliphatic rings. The van der Waals surface area contributed by atoms with Crippen LogP contribution in [0.2, 0.25) is 0 Å². The highest BCUT2D eigenvalue weighted by molar-refractivity contribution is 7.99. The quantitative estimate of drug-likeness (QED) is 0.299. The number of rotatable bonds is 5. The molecule has 0 amide bonds. The fourth-order valence-electron chi connectivity index (χ4n) is 0.969. The minimum Gasteiger partial charge on any atom is -0.396 e. The van der Waals surface area contributed by atoms with Gasteiger partial charge in [-0.2, -0.15) is 0 Å². The third kappa shape index (κ3) is 4.03. The van der Waals surface area contributed by atoms with Crippen molar-refractivity contribution in [3.8, 4) is 0 Å². The second-order valence-electron chi connectivity index (χ2n) is 3.38. The first-order chi connectivity index (χ1) is 7.15. The molecular weight excluding hydrogens is 212 g/mol. The number of aromatic nitrogens is 2. The molecule has 1 atom stereocenters. The molecule has 0 bridgehead atoms. The first-order valence-electron chi connectivity index (χ1n) is 4.71. The molecule has 0 radical (unpaired) electrons. The summed E-state index contributed by atoms with van der Waals surface area (Å²) < 4.78 is 0. The van der Waals surface area contributed by atoms with Crippen LogP contribution in [-0.2, 0) is 0 Å². The van der Waals surface area contributed by atoms with Crippen LogP contribution in [0.3, 0.4) is 0 Å². The van der Waals surface area contributed by atoms with Crippen LogP contribution in [0.25, 0.3) is 0 Å². The second kappa shape index (κ2) is 5.89. The number of thioether (sulfide) groups is 1. The first-order valence-corrected chi connectivity index (χ1v) is 5.70. The van der Waals surface area contributed by atoms with Crippen molar-refractivity contribution >= 4 is 17.6 Å². The van der Waals surface area contributed by atoms with E-state index < -0.39 is 0 Å². The van der Waals surface area contributed by atoms with Crippen LogP contribution in [0, 0.1) is 12.8 Å². The zero-order valence-corrected chi connectivity index (χ0v) is 9.71. The van der Waals surface area contributed by atoms with Gasteiger partial charge in [0.1, 0.15) is 16.7 Å². The molecule has 1 aromatic rings. The lowest BCUT2D eigenvalue weighted by atomic mass is 10.2. The highest BCUT2D eigenvalue weighted by Crippen LogP contribution is 2.20. The molecule has 0 spiro atoms. The number of aliphatic hydroxyl groups excluding tert-OH is 1. The molecule has 0 saturated carbocycles. The smallest absolute Gasteiger partial charge is 0.144 e. The van der Waals surface area contributed by atoms with Crippen LogP contribution in [0.1, 0.15) is 12.7 Å². The Bertz CT molecular complexity index is 321. The summed E-state index contributed by atoms with van der Waals surface area (Å²) in [5.41, 5.74) is 2.50. The Kier molecular flexibility index (Phi) is 4.80. The Morgan fingerprint density at radius 3 is 2.93 bits per heavy atom. The molecule has 15 heavy (non-hydrogen) atoms. The maximum Gasteiger partial charge on any atom is 0.144 e. The van der Waals surface area contributed by atoms with E-state index >= 15 is 0 Å². The van der Waals surface area contributed by atoms with Crippen molar-refractivity contribution in [3.05, 3.63) is 11.9 Å². The Hall–Kier alpha value is -0.850. The highest BCUT2D eigenvalue weighted by Gasteiger charge is 2.05. The van der Waals surface area contributed by atoms with E-state index in [9.17, 15) is 0 Å². The molecule has 1 rings (SSSR count). The minimum atomic E-state index is 0.194. The molecule has 1 aromatic heterocycles. The molecule has 4 N–H and O–H groups in total. The number of nitrogens with one attached hydrogen (secondary N) is 1. The molecule has 0 aliphatic carbocycles. The van der Waals surface area contributed by atoms with Gasteiger partial charge < -0.3 is 10.5 Å². The summed E-state index contributed by atoms with van der Waals surface area (Å²) in [4.78, 5) is 8.35. The topological polar surface area (TPSA) is 84.1 Å². The monoisotopic (exact) mass is 228 g/mol. The lowest BCUT2D eigenvalue weighted by Gasteiger charge is -2.08. The van der Waals surface area contributed by atoms with E-state index in [1.54, 1.807) is 17.8 Å². The Balaban J connectivity index is 2.64. The van der Waals surface area contributed by atoms with Crippen molar-refractivity contribution in [3.63, 3.8) is 0 Å². The summed E-state index contributed by atoms with van der Waals surface area (Å²) in [6.07, 6.45) is 0. The van der Waals surface area contributed by atoms with E-state index in [0.29, 0.717) is 11.6 Å². The molecule has 0 fully saturated rings. The van der Waals surface area contributed by atoms with Crippen molar-refractivity contribution < 1.29 is 5.11 Å². The van der Waals surface area contributed by atoms with Gasteiger partial charge in [0.2, 0.25) is 0 Å². The van der Waals surface area contributed by atoms with E-state index in [0.717, 1.165) is 10.8 Å². The normalized spacial score (nSPS) is 12.5. The number of nitrogen functional groups attached to an aromatic ring is 1. The number of anilines is 1. The van der Waals surface area contributed by atoms with E-state index in [-0.39, 0.29) is 12.5 Å². The largest absolute Gasteiger partial charge is 0.396 e. The van der Waals surface area contributed by atoms with Crippen molar-refractivity contribution in [2.75, 3.05) is 17.8 Å². The van der Waals surface area contributed by atoms with Gasteiger partial charge in [-0.05, 0) is 12.8 Å². The lowest BCUT2D eigenvalue weighted by molar-refractivity contribution is 0.250. The summed E-state index contributed by atoms with van der Waals surface area (Å²) in [6.45, 7) is 4.00. The van der Waals surface area contributed by atoms with Crippen molar-refractivity contribution in [1.29, 1.82) is 0 Å². The van der Waals surface area contributed by atoms with Gasteiger partial charge in [0.05, 0.1) is 0 Å². The van der Waals surface area contributed by atoms with Gasteiger partial charge in [-0.3, -0.25) is 0 Å². The summed E-state index contributed by atoms with van der Waals surface area (Å²) in [7, 11) is 0. The Morgan fingerprint density at radius 1 is 1.60 bits per heavy atom. The molecule has 1 unspecified atom stereocenters. The Morgan fingerprint density at radius 2 is 2.33 bits per heavy atom. The first kappa shape index (κ1) is 12.2. The summed E-state index contributed by atoms with van der Waals surface area (Å²) >= 11 is 1.59. The van der Waals surface area contributed by atoms with E-state index in [4.69, 9.17) is 10.9 Å². The van der Waals surface area contributed by atoms with Gasteiger partial charge in [0.15, 0.2) is 0 Å². The SMILES string of the molecule is Cc1nc(NN)cc(SCC(C)CO)n1. The number of hydrogen-bond donors (Lipinski definition) is 3. The summed E-state index contributed by atoms with van der Waals surface area (Å²) in [5, 5.41) is 9.76. The number of hydrogen-bond acceptors (Lipinski definition) is 6. The molecular formula is C9H16N4OS. The predicted molar refractivity (Wildman–Crippen MR) is 61.6 cm³/mol. The second-order valence-corrected chi connectivity index (χ2v) is 4.42. The standard InChI is InChI=1S/C9H16N4OS/c1-6(4-14)5-15-9-3-8(13-10)11-7(2)12-9/h3,6,14H,4-5,10H2,1-2H3,(H,11,12,13). The van der Waals surface area contributed by atoms with Gasteiger partial charge in [0, 0.05) is 18.4 Å². The van der Waals surface area contributed by atoms with E-state index in [1.807, 2.05) is 13.8 Å². The van der Waals surface area contributed by atoms with Crippen LogP contribution in [-0.4, -0.2) is 27.4 Å². The van der Waals surface area contributed by atoms with Gasteiger partial charge in [-0.25, -0.2) is 15.8 Å².